The van der Waals surface area contributed by atoms with Gasteiger partial charge in [-0.2, -0.15) is 0 Å². The van der Waals surface area contributed by atoms with E-state index in [1.165, 1.54) is 5.56 Å². The van der Waals surface area contributed by atoms with E-state index in [1.54, 1.807) is 0 Å². The maximum absolute atomic E-state index is 11.1. The first-order chi connectivity index (χ1) is 7.66. The fraction of sp³-hybridized carbons (Fsp3) is 0.417. The summed E-state index contributed by atoms with van der Waals surface area (Å²) in [5.74, 6) is -0.0970. The average molecular weight is 239 g/mol. The topological polar surface area (TPSA) is 55.1 Å². The van der Waals surface area contributed by atoms with E-state index < -0.39 is 0 Å². The van der Waals surface area contributed by atoms with Gasteiger partial charge in [0.25, 0.3) is 0 Å². The van der Waals surface area contributed by atoms with Gasteiger partial charge < -0.3 is 11.1 Å². The summed E-state index contributed by atoms with van der Waals surface area (Å²) in [6.07, 6.45) is 2.22. The van der Waals surface area contributed by atoms with E-state index in [2.05, 4.69) is 5.32 Å². The number of hydrogen-bond acceptors (Lipinski definition) is 2. The standard InChI is InChI=1S/C12H15ClN2O/c13-10-3-1-9(2-4-10)12(5-6-12)8-15-11(16)7-14/h1-4H,5-8,14H2,(H,15,16). The molecule has 0 aliphatic heterocycles. The number of hydrogen-bond donors (Lipinski definition) is 2. The van der Waals surface area contributed by atoms with Gasteiger partial charge in [0.05, 0.1) is 6.54 Å². The van der Waals surface area contributed by atoms with Gasteiger partial charge in [0.15, 0.2) is 0 Å². The van der Waals surface area contributed by atoms with Gasteiger partial charge in [-0.15, -0.1) is 0 Å². The van der Waals surface area contributed by atoms with Crippen LogP contribution in [0, 0.1) is 0 Å². The van der Waals surface area contributed by atoms with E-state index in [9.17, 15) is 4.79 Å². The van der Waals surface area contributed by atoms with Crippen molar-refractivity contribution in [2.24, 2.45) is 5.73 Å². The minimum atomic E-state index is -0.0970. The molecule has 1 aliphatic carbocycles. The normalized spacial score (nSPS) is 16.9. The zero-order chi connectivity index (χ0) is 11.6. The largest absolute Gasteiger partial charge is 0.354 e. The monoisotopic (exact) mass is 238 g/mol. The second-order valence-electron chi connectivity index (χ2n) is 4.27. The summed E-state index contributed by atoms with van der Waals surface area (Å²) in [6.45, 7) is 0.724. The SMILES string of the molecule is NCC(=O)NCC1(c2ccc(Cl)cc2)CC1. The lowest BCUT2D eigenvalue weighted by Crippen LogP contribution is -2.36. The number of nitrogens with one attached hydrogen (secondary N) is 1. The third-order valence-corrected chi connectivity index (χ3v) is 3.37. The molecule has 1 amide bonds. The van der Waals surface area contributed by atoms with Gasteiger partial charge in [-0.25, -0.2) is 0 Å². The van der Waals surface area contributed by atoms with Gasteiger partial charge >= 0.3 is 0 Å². The molecule has 1 aliphatic rings. The van der Waals surface area contributed by atoms with Crippen LogP contribution in [0.15, 0.2) is 24.3 Å². The van der Waals surface area contributed by atoms with Crippen LogP contribution in [0.1, 0.15) is 18.4 Å². The minimum absolute atomic E-state index is 0.0523. The van der Waals surface area contributed by atoms with Crippen molar-refractivity contribution in [1.82, 2.24) is 5.32 Å². The third kappa shape index (κ3) is 2.36. The molecule has 2 rings (SSSR count). The van der Waals surface area contributed by atoms with Crippen molar-refractivity contribution in [3.05, 3.63) is 34.9 Å². The number of rotatable bonds is 4. The summed E-state index contributed by atoms with van der Waals surface area (Å²) in [5, 5.41) is 3.59. The summed E-state index contributed by atoms with van der Waals surface area (Å²) in [7, 11) is 0. The average Bonchev–Trinajstić information content (AvgIpc) is 3.08. The van der Waals surface area contributed by atoms with Gasteiger partial charge in [-0.3, -0.25) is 4.79 Å². The zero-order valence-corrected chi connectivity index (χ0v) is 9.76. The maximum Gasteiger partial charge on any atom is 0.233 e. The summed E-state index contributed by atoms with van der Waals surface area (Å²) in [4.78, 5) is 11.1. The lowest BCUT2D eigenvalue weighted by molar-refractivity contribution is -0.119. The maximum atomic E-state index is 11.1. The lowest BCUT2D eigenvalue weighted by atomic mass is 9.96. The van der Waals surface area contributed by atoms with Crippen molar-refractivity contribution in [2.45, 2.75) is 18.3 Å². The van der Waals surface area contributed by atoms with Gasteiger partial charge in [-0.1, -0.05) is 23.7 Å². The smallest absolute Gasteiger partial charge is 0.233 e. The van der Waals surface area contributed by atoms with E-state index in [-0.39, 0.29) is 17.9 Å². The van der Waals surface area contributed by atoms with Crippen LogP contribution >= 0.6 is 11.6 Å². The van der Waals surface area contributed by atoms with Gasteiger partial charge in [-0.05, 0) is 30.5 Å². The molecule has 1 aromatic rings. The third-order valence-electron chi connectivity index (χ3n) is 3.12. The number of amides is 1. The molecular formula is C12H15ClN2O. The molecule has 3 nitrogen and oxygen atoms in total. The van der Waals surface area contributed by atoms with Gasteiger partial charge in [0.2, 0.25) is 5.91 Å². The number of carbonyl (C=O) groups is 1. The Morgan fingerprint density at radius 3 is 2.50 bits per heavy atom. The molecule has 0 heterocycles. The second kappa shape index (κ2) is 4.44. The van der Waals surface area contributed by atoms with Crippen LogP contribution in [0.2, 0.25) is 5.02 Å². The van der Waals surface area contributed by atoms with Crippen molar-refractivity contribution >= 4 is 17.5 Å². The second-order valence-corrected chi connectivity index (χ2v) is 4.70. The first-order valence-corrected chi connectivity index (χ1v) is 5.77. The first kappa shape index (κ1) is 11.4. The van der Waals surface area contributed by atoms with Crippen LogP contribution in [0.4, 0.5) is 0 Å². The van der Waals surface area contributed by atoms with Gasteiger partial charge in [0.1, 0.15) is 0 Å². The van der Waals surface area contributed by atoms with E-state index in [1.807, 2.05) is 24.3 Å². The summed E-state index contributed by atoms with van der Waals surface area (Å²) in [6, 6.07) is 7.84. The van der Waals surface area contributed by atoms with E-state index >= 15 is 0 Å². The number of nitrogens with two attached hydrogens (primary N) is 1. The molecule has 0 aromatic heterocycles. The molecule has 0 spiro atoms. The summed E-state index contributed by atoms with van der Waals surface area (Å²) < 4.78 is 0. The van der Waals surface area contributed by atoms with Crippen LogP contribution in [0.5, 0.6) is 0 Å². The highest BCUT2D eigenvalue weighted by molar-refractivity contribution is 6.30. The Hall–Kier alpha value is -1.06. The Balaban J connectivity index is 2.02. The zero-order valence-electron chi connectivity index (χ0n) is 9.00. The molecule has 16 heavy (non-hydrogen) atoms. The van der Waals surface area contributed by atoms with E-state index in [0.717, 1.165) is 17.9 Å². The van der Waals surface area contributed by atoms with Crippen molar-refractivity contribution in [3.63, 3.8) is 0 Å². The highest BCUT2D eigenvalue weighted by Gasteiger charge is 2.44. The molecule has 86 valence electrons. The molecule has 0 bridgehead atoms. The van der Waals surface area contributed by atoms with Crippen LogP contribution < -0.4 is 11.1 Å². The van der Waals surface area contributed by atoms with Crippen molar-refractivity contribution in [2.75, 3.05) is 13.1 Å². The van der Waals surface area contributed by atoms with Crippen molar-refractivity contribution in [3.8, 4) is 0 Å². The summed E-state index contributed by atoms with van der Waals surface area (Å²) in [5.41, 5.74) is 6.62. The molecule has 4 heteroatoms. The molecule has 1 fully saturated rings. The highest BCUT2D eigenvalue weighted by atomic mass is 35.5. The van der Waals surface area contributed by atoms with Gasteiger partial charge in [0, 0.05) is 17.0 Å². The first-order valence-electron chi connectivity index (χ1n) is 5.39. The fourth-order valence-electron chi connectivity index (χ4n) is 1.86. The molecule has 1 aromatic carbocycles. The van der Waals surface area contributed by atoms with Crippen LogP contribution in [0.25, 0.3) is 0 Å². The molecule has 0 saturated heterocycles. The number of carbonyl (C=O) groups excluding carboxylic acids is 1. The number of halogens is 1. The Morgan fingerprint density at radius 2 is 2.00 bits per heavy atom. The van der Waals surface area contributed by atoms with Crippen LogP contribution in [0.3, 0.4) is 0 Å². The highest BCUT2D eigenvalue weighted by Crippen LogP contribution is 2.47. The van der Waals surface area contributed by atoms with Crippen molar-refractivity contribution < 1.29 is 4.79 Å². The molecule has 0 atom stereocenters. The lowest BCUT2D eigenvalue weighted by Gasteiger charge is -2.16. The summed E-state index contributed by atoms with van der Waals surface area (Å²) >= 11 is 5.85. The Labute approximate surface area is 100.0 Å². The number of benzene rings is 1. The predicted octanol–water partition coefficient (Wildman–Crippen LogP) is 1.45. The van der Waals surface area contributed by atoms with E-state index in [0.29, 0.717) is 6.54 Å². The molecule has 0 radical (unpaired) electrons. The van der Waals surface area contributed by atoms with Crippen LogP contribution in [-0.2, 0) is 10.2 Å². The Kier molecular flexibility index (Phi) is 3.17. The molecule has 0 unspecified atom stereocenters. The molecular weight excluding hydrogens is 224 g/mol. The van der Waals surface area contributed by atoms with Crippen LogP contribution in [-0.4, -0.2) is 19.0 Å². The molecule has 3 N–H and O–H groups in total. The van der Waals surface area contributed by atoms with E-state index in [4.69, 9.17) is 17.3 Å². The predicted molar refractivity (Wildman–Crippen MR) is 64.4 cm³/mol. The quantitative estimate of drug-likeness (QED) is 0.834. The Morgan fingerprint density at radius 1 is 1.38 bits per heavy atom. The molecule has 1 saturated carbocycles. The minimum Gasteiger partial charge on any atom is -0.354 e. The fourth-order valence-corrected chi connectivity index (χ4v) is 1.99. The van der Waals surface area contributed by atoms with Crippen molar-refractivity contribution in [1.29, 1.82) is 0 Å². The Bertz CT molecular complexity index is 385.